The Hall–Kier alpha value is -3.00. The number of allylic oxidation sites excluding steroid dienone is 1. The molecule has 4 aromatic rings. The fraction of sp³-hybridized carbons (Fsp3) is 0.111. The first kappa shape index (κ1) is 22.5. The minimum absolute atomic E-state index is 0.0935. The van der Waals surface area contributed by atoms with Crippen LogP contribution in [-0.4, -0.2) is 9.67 Å². The number of phenols is 1. The van der Waals surface area contributed by atoms with Crippen LogP contribution in [0.1, 0.15) is 34.7 Å². The van der Waals surface area contributed by atoms with Gasteiger partial charge in [-0.3, -0.25) is 9.36 Å². The molecule has 2 aliphatic rings. The van der Waals surface area contributed by atoms with Gasteiger partial charge in [0.15, 0.2) is 4.80 Å². The highest BCUT2D eigenvalue weighted by atomic mass is 79.9. The number of rotatable bonds is 2. The van der Waals surface area contributed by atoms with Crippen LogP contribution < -0.4 is 14.9 Å². The molecule has 1 aliphatic carbocycles. The van der Waals surface area contributed by atoms with E-state index in [-0.39, 0.29) is 22.1 Å². The highest BCUT2D eigenvalue weighted by molar-refractivity contribution is 9.10. The number of hydrogen-bond donors (Lipinski definition) is 1. The lowest BCUT2D eigenvalue weighted by Crippen LogP contribution is -2.38. The van der Waals surface area contributed by atoms with E-state index in [0.717, 1.165) is 35.2 Å². The number of aromatic nitrogens is 1. The standard InChI is InChI=1S/C27H17BrClFN2O2S/c28-17-11-16(25(33)21(29)13-17)12-22-26(34)32-24(15-5-8-18(30)9-6-15)20-10-7-14-3-1-2-4-19(14)23(20)31-27(32)35-22/h1-6,8-9,11-13,24,33H,7,10H2/b22-12+/t24-/m1/s1. The van der Waals surface area contributed by atoms with Gasteiger partial charge in [-0.25, -0.2) is 9.38 Å². The van der Waals surface area contributed by atoms with E-state index in [4.69, 9.17) is 16.6 Å². The van der Waals surface area contributed by atoms with Crippen LogP contribution in [0.4, 0.5) is 4.39 Å². The van der Waals surface area contributed by atoms with Gasteiger partial charge in [0.25, 0.3) is 5.56 Å². The highest BCUT2D eigenvalue weighted by Crippen LogP contribution is 2.41. The van der Waals surface area contributed by atoms with Crippen molar-refractivity contribution in [2.75, 3.05) is 0 Å². The Morgan fingerprint density at radius 3 is 2.71 bits per heavy atom. The maximum Gasteiger partial charge on any atom is 0.271 e. The summed E-state index contributed by atoms with van der Waals surface area (Å²) in [6.07, 6.45) is 3.23. The maximum absolute atomic E-state index is 13.8. The number of nitrogens with zero attached hydrogens (tertiary/aromatic N) is 2. The predicted octanol–water partition coefficient (Wildman–Crippen LogP) is 5.58. The van der Waals surface area contributed by atoms with Gasteiger partial charge in [-0.2, -0.15) is 0 Å². The van der Waals surface area contributed by atoms with Gasteiger partial charge in [0, 0.05) is 15.6 Å². The number of thiazole rings is 1. The van der Waals surface area contributed by atoms with E-state index in [1.807, 2.05) is 12.1 Å². The lowest BCUT2D eigenvalue weighted by atomic mass is 9.83. The second-order valence-corrected chi connectivity index (χ2v) is 10.8. The molecule has 0 saturated heterocycles. The molecule has 174 valence electrons. The minimum atomic E-state index is -0.392. The van der Waals surface area contributed by atoms with Gasteiger partial charge in [-0.05, 0) is 59.9 Å². The first-order valence-corrected chi connectivity index (χ1v) is 13.0. The zero-order valence-electron chi connectivity index (χ0n) is 18.1. The molecule has 0 bridgehead atoms. The molecule has 1 aliphatic heterocycles. The summed E-state index contributed by atoms with van der Waals surface area (Å²) in [6, 6.07) is 17.4. The molecule has 2 heterocycles. The quantitative estimate of drug-likeness (QED) is 0.344. The van der Waals surface area contributed by atoms with Crippen molar-refractivity contribution in [3.8, 4) is 5.75 Å². The molecular weight excluding hydrogens is 551 g/mol. The molecule has 0 amide bonds. The topological polar surface area (TPSA) is 54.6 Å². The summed E-state index contributed by atoms with van der Waals surface area (Å²) in [7, 11) is 0. The summed E-state index contributed by atoms with van der Waals surface area (Å²) < 4.78 is 16.6. The van der Waals surface area contributed by atoms with Gasteiger partial charge in [0.05, 0.1) is 21.3 Å². The summed E-state index contributed by atoms with van der Waals surface area (Å²) in [4.78, 5) is 19.2. The molecule has 35 heavy (non-hydrogen) atoms. The third kappa shape index (κ3) is 3.78. The SMILES string of the molecule is O=c1/c(=C\c2cc(Br)cc(Cl)c2O)sc2n1[C@H](c1ccc(F)cc1)C1=C(N=2)c2ccccc2CC1. The molecule has 8 heteroatoms. The van der Waals surface area contributed by atoms with Gasteiger partial charge in [-0.1, -0.05) is 75.3 Å². The van der Waals surface area contributed by atoms with Crippen molar-refractivity contribution < 1.29 is 9.50 Å². The fourth-order valence-corrected chi connectivity index (χ4v) is 6.63. The lowest BCUT2D eigenvalue weighted by Gasteiger charge is -2.30. The predicted molar refractivity (Wildman–Crippen MR) is 140 cm³/mol. The average Bonchev–Trinajstić information content (AvgIpc) is 3.16. The molecule has 4 nitrogen and oxygen atoms in total. The third-order valence-corrected chi connectivity index (χ3v) is 8.13. The van der Waals surface area contributed by atoms with Gasteiger partial charge in [0.2, 0.25) is 0 Å². The Kier molecular flexibility index (Phi) is 5.51. The van der Waals surface area contributed by atoms with Crippen LogP contribution >= 0.6 is 38.9 Å². The molecule has 1 aromatic heterocycles. The van der Waals surface area contributed by atoms with E-state index in [0.29, 0.717) is 19.4 Å². The Balaban J connectivity index is 1.64. The van der Waals surface area contributed by atoms with Crippen molar-refractivity contribution in [2.45, 2.75) is 18.9 Å². The normalized spacial score (nSPS) is 17.0. The van der Waals surface area contributed by atoms with E-state index >= 15 is 0 Å². The van der Waals surface area contributed by atoms with Crippen LogP contribution in [0, 0.1) is 5.82 Å². The van der Waals surface area contributed by atoms with Crippen LogP contribution in [0.3, 0.4) is 0 Å². The second-order valence-electron chi connectivity index (χ2n) is 8.49. The Morgan fingerprint density at radius 1 is 1.14 bits per heavy atom. The van der Waals surface area contributed by atoms with Crippen LogP contribution in [0.15, 0.2) is 80.5 Å². The van der Waals surface area contributed by atoms with Gasteiger partial charge < -0.3 is 5.11 Å². The Bertz CT molecular complexity index is 1720. The molecular formula is C27H17BrClFN2O2S. The molecule has 0 radical (unpaired) electrons. The van der Waals surface area contributed by atoms with E-state index in [1.165, 1.54) is 29.0 Å². The Morgan fingerprint density at radius 2 is 1.91 bits per heavy atom. The van der Waals surface area contributed by atoms with E-state index in [1.54, 1.807) is 34.9 Å². The smallest absolute Gasteiger partial charge is 0.271 e. The second kappa shape index (κ2) is 8.59. The largest absolute Gasteiger partial charge is 0.506 e. The maximum atomic E-state index is 13.8. The third-order valence-electron chi connectivity index (χ3n) is 6.40. The average molecular weight is 568 g/mol. The van der Waals surface area contributed by atoms with E-state index in [9.17, 15) is 14.3 Å². The number of fused-ring (bicyclic) bond motifs is 3. The number of halogens is 3. The lowest BCUT2D eigenvalue weighted by molar-refractivity contribution is 0.474. The molecule has 0 fully saturated rings. The minimum Gasteiger partial charge on any atom is -0.506 e. The van der Waals surface area contributed by atoms with Crippen LogP contribution in [0.5, 0.6) is 5.75 Å². The zero-order valence-corrected chi connectivity index (χ0v) is 21.3. The van der Waals surface area contributed by atoms with Gasteiger partial charge in [-0.15, -0.1) is 0 Å². The van der Waals surface area contributed by atoms with Gasteiger partial charge >= 0.3 is 0 Å². The first-order chi connectivity index (χ1) is 16.9. The molecule has 0 spiro atoms. The summed E-state index contributed by atoms with van der Waals surface area (Å²) in [5, 5.41) is 10.6. The summed E-state index contributed by atoms with van der Waals surface area (Å²) in [6.45, 7) is 0. The molecule has 0 unspecified atom stereocenters. The van der Waals surface area contributed by atoms with Crippen LogP contribution in [-0.2, 0) is 6.42 Å². The Labute approximate surface area is 217 Å². The number of aryl methyl sites for hydroxylation is 1. The zero-order chi connectivity index (χ0) is 24.3. The highest BCUT2D eigenvalue weighted by Gasteiger charge is 2.32. The fourth-order valence-electron chi connectivity index (χ4n) is 4.80. The van der Waals surface area contributed by atoms with Crippen molar-refractivity contribution in [2.24, 2.45) is 4.99 Å². The number of aromatic hydroxyl groups is 1. The van der Waals surface area contributed by atoms with Crippen LogP contribution in [0.2, 0.25) is 5.02 Å². The molecule has 3 aromatic carbocycles. The first-order valence-electron chi connectivity index (χ1n) is 11.0. The van der Waals surface area contributed by atoms with Gasteiger partial charge in [0.1, 0.15) is 11.6 Å². The molecule has 6 rings (SSSR count). The molecule has 0 saturated carbocycles. The summed E-state index contributed by atoms with van der Waals surface area (Å²) in [5.74, 6) is -0.421. The van der Waals surface area contributed by atoms with Crippen molar-refractivity contribution in [1.29, 1.82) is 0 Å². The van der Waals surface area contributed by atoms with E-state index in [2.05, 4.69) is 28.1 Å². The van der Waals surface area contributed by atoms with Crippen molar-refractivity contribution in [1.82, 2.24) is 4.57 Å². The van der Waals surface area contributed by atoms with Crippen LogP contribution in [0.25, 0.3) is 11.8 Å². The molecule has 1 N–H and O–H groups in total. The monoisotopic (exact) mass is 566 g/mol. The van der Waals surface area contributed by atoms with Crippen molar-refractivity contribution >= 4 is 50.6 Å². The number of phenolic OH excluding ortho intramolecular Hbond substituents is 1. The van der Waals surface area contributed by atoms with E-state index < -0.39 is 6.04 Å². The molecule has 1 atom stereocenters. The number of benzene rings is 3. The summed E-state index contributed by atoms with van der Waals surface area (Å²) in [5.41, 5.74) is 5.25. The summed E-state index contributed by atoms with van der Waals surface area (Å²) >= 11 is 10.8. The van der Waals surface area contributed by atoms with Crippen molar-refractivity contribution in [3.05, 3.63) is 123 Å². The van der Waals surface area contributed by atoms with Crippen molar-refractivity contribution in [3.63, 3.8) is 0 Å². The number of hydrogen-bond acceptors (Lipinski definition) is 4.